The second-order valence-electron chi connectivity index (χ2n) is 5.53. The summed E-state index contributed by atoms with van der Waals surface area (Å²) >= 11 is 0. The molecule has 124 valence electrons. The highest BCUT2D eigenvalue weighted by Gasteiger charge is 2.13. The quantitative estimate of drug-likeness (QED) is 0.793. The number of carbonyl (C=O) groups excluding carboxylic acids is 1. The zero-order valence-corrected chi connectivity index (χ0v) is 13.8. The maximum Gasteiger partial charge on any atom is 0.275 e. The predicted octanol–water partition coefficient (Wildman–Crippen LogP) is 2.46. The van der Waals surface area contributed by atoms with Crippen LogP contribution in [-0.4, -0.2) is 34.8 Å². The fourth-order valence-corrected chi connectivity index (χ4v) is 2.28. The smallest absolute Gasteiger partial charge is 0.275 e. The first-order valence-corrected chi connectivity index (χ1v) is 7.58. The van der Waals surface area contributed by atoms with Crippen molar-refractivity contribution in [2.45, 2.75) is 0 Å². The van der Waals surface area contributed by atoms with Crippen LogP contribution in [-0.2, 0) is 0 Å². The van der Waals surface area contributed by atoms with Gasteiger partial charge in [-0.3, -0.25) is 9.78 Å². The Morgan fingerprint density at radius 1 is 1.16 bits per heavy atom. The number of nitrogens with one attached hydrogen (secondary N) is 1. The minimum Gasteiger partial charge on any atom is -0.378 e. The molecule has 1 aromatic carbocycles. The number of hydrogen-bond donors (Lipinski definition) is 1. The average molecular weight is 332 g/mol. The molecule has 2 heterocycles. The van der Waals surface area contributed by atoms with Gasteiger partial charge in [-0.15, -0.1) is 0 Å². The van der Waals surface area contributed by atoms with Gasteiger partial charge in [0.05, 0.1) is 23.5 Å². The van der Waals surface area contributed by atoms with Crippen LogP contribution in [0.3, 0.4) is 0 Å². The lowest BCUT2D eigenvalue weighted by molar-refractivity contribution is 0.102. The third-order valence-corrected chi connectivity index (χ3v) is 3.62. The van der Waals surface area contributed by atoms with Gasteiger partial charge in [0.15, 0.2) is 0 Å². The van der Waals surface area contributed by atoms with Crippen LogP contribution in [0.4, 0.5) is 11.5 Å². The molecule has 0 unspecified atom stereocenters. The Kier molecular flexibility index (Phi) is 4.44. The van der Waals surface area contributed by atoms with E-state index in [1.54, 1.807) is 53.5 Å². The fourth-order valence-electron chi connectivity index (χ4n) is 2.28. The van der Waals surface area contributed by atoms with Crippen LogP contribution in [0.2, 0.25) is 0 Å². The molecule has 0 fully saturated rings. The van der Waals surface area contributed by atoms with Crippen molar-refractivity contribution in [1.29, 1.82) is 5.26 Å². The Balaban J connectivity index is 1.84. The summed E-state index contributed by atoms with van der Waals surface area (Å²) in [6, 6.07) is 14.3. The molecule has 0 aliphatic carbocycles. The topological polar surface area (TPSA) is 86.8 Å². The molecule has 0 spiro atoms. The summed E-state index contributed by atoms with van der Waals surface area (Å²) in [5.74, 6) is 0.200. The van der Waals surface area contributed by atoms with E-state index in [9.17, 15) is 4.79 Å². The first kappa shape index (κ1) is 16.2. The summed E-state index contributed by atoms with van der Waals surface area (Å²) in [5.41, 5.74) is 2.51. The number of carbonyl (C=O) groups is 1. The standard InChI is InChI=1S/C18H16N6O/c1-23(2)15-7-9-20-16(11-15)18(25)22-17-8-10-21-24(17)14-5-3-13(12-19)4-6-14/h3-11H,1-2H3,(H,22,25). The second-order valence-corrected chi connectivity index (χ2v) is 5.53. The monoisotopic (exact) mass is 332 g/mol. The van der Waals surface area contributed by atoms with E-state index in [1.807, 2.05) is 25.1 Å². The maximum atomic E-state index is 12.5. The minimum atomic E-state index is -0.320. The van der Waals surface area contributed by atoms with Crippen molar-refractivity contribution in [1.82, 2.24) is 14.8 Å². The summed E-state index contributed by atoms with van der Waals surface area (Å²) < 4.78 is 1.59. The molecule has 0 aliphatic heterocycles. The molecular weight excluding hydrogens is 316 g/mol. The maximum absolute atomic E-state index is 12.5. The molecule has 7 nitrogen and oxygen atoms in total. The molecular formula is C18H16N6O. The lowest BCUT2D eigenvalue weighted by Crippen LogP contribution is -2.17. The van der Waals surface area contributed by atoms with Crippen molar-refractivity contribution < 1.29 is 4.79 Å². The summed E-state index contributed by atoms with van der Waals surface area (Å²) in [5, 5.41) is 15.9. The van der Waals surface area contributed by atoms with Crippen molar-refractivity contribution in [3.8, 4) is 11.8 Å². The van der Waals surface area contributed by atoms with Crippen molar-refractivity contribution in [3.05, 3.63) is 66.1 Å². The van der Waals surface area contributed by atoms with Crippen LogP contribution in [0, 0.1) is 11.3 Å². The van der Waals surface area contributed by atoms with Gasteiger partial charge >= 0.3 is 0 Å². The Hall–Kier alpha value is -3.66. The number of pyridine rings is 1. The van der Waals surface area contributed by atoms with Gasteiger partial charge in [0.2, 0.25) is 0 Å². The Bertz CT molecular complexity index is 937. The molecule has 1 amide bonds. The van der Waals surface area contributed by atoms with Gasteiger partial charge < -0.3 is 10.2 Å². The minimum absolute atomic E-state index is 0.318. The molecule has 3 aromatic rings. The lowest BCUT2D eigenvalue weighted by Gasteiger charge is -2.13. The molecule has 0 saturated heterocycles. The number of hydrogen-bond acceptors (Lipinski definition) is 5. The predicted molar refractivity (Wildman–Crippen MR) is 94.8 cm³/mol. The molecule has 0 atom stereocenters. The van der Waals surface area contributed by atoms with Crippen LogP contribution < -0.4 is 10.2 Å². The Morgan fingerprint density at radius 3 is 2.60 bits per heavy atom. The highest BCUT2D eigenvalue weighted by Crippen LogP contribution is 2.17. The zero-order valence-electron chi connectivity index (χ0n) is 13.8. The zero-order chi connectivity index (χ0) is 17.8. The van der Waals surface area contributed by atoms with Gasteiger partial charge in [0, 0.05) is 32.0 Å². The van der Waals surface area contributed by atoms with Crippen LogP contribution >= 0.6 is 0 Å². The van der Waals surface area contributed by atoms with Crippen LogP contribution in [0.15, 0.2) is 54.9 Å². The van der Waals surface area contributed by atoms with E-state index < -0.39 is 0 Å². The van der Waals surface area contributed by atoms with Crippen molar-refractivity contribution >= 4 is 17.4 Å². The number of nitrogens with zero attached hydrogens (tertiary/aromatic N) is 5. The van der Waals surface area contributed by atoms with Gasteiger partial charge in [-0.1, -0.05) is 0 Å². The summed E-state index contributed by atoms with van der Waals surface area (Å²) in [4.78, 5) is 18.5. The molecule has 0 aliphatic rings. The molecule has 25 heavy (non-hydrogen) atoms. The number of aromatic nitrogens is 3. The molecule has 0 bridgehead atoms. The average Bonchev–Trinajstić information content (AvgIpc) is 3.10. The van der Waals surface area contributed by atoms with E-state index in [0.717, 1.165) is 11.4 Å². The SMILES string of the molecule is CN(C)c1ccnc(C(=O)Nc2ccnn2-c2ccc(C#N)cc2)c1. The highest BCUT2D eigenvalue weighted by atomic mass is 16.2. The summed E-state index contributed by atoms with van der Waals surface area (Å²) in [6.45, 7) is 0. The third kappa shape index (κ3) is 3.48. The van der Waals surface area contributed by atoms with E-state index in [-0.39, 0.29) is 5.91 Å². The van der Waals surface area contributed by atoms with Crippen LogP contribution in [0.5, 0.6) is 0 Å². The van der Waals surface area contributed by atoms with Gasteiger partial charge in [0.25, 0.3) is 5.91 Å². The highest BCUT2D eigenvalue weighted by molar-refractivity contribution is 6.03. The lowest BCUT2D eigenvalue weighted by atomic mass is 10.2. The second kappa shape index (κ2) is 6.84. The first-order chi connectivity index (χ1) is 12.1. The third-order valence-electron chi connectivity index (χ3n) is 3.62. The van der Waals surface area contributed by atoms with Gasteiger partial charge in [-0.2, -0.15) is 10.4 Å². The van der Waals surface area contributed by atoms with E-state index in [4.69, 9.17) is 5.26 Å². The Labute approximate surface area is 145 Å². The van der Waals surface area contributed by atoms with Crippen molar-refractivity contribution in [2.24, 2.45) is 0 Å². The number of nitriles is 1. The normalized spacial score (nSPS) is 10.1. The van der Waals surface area contributed by atoms with E-state index in [1.165, 1.54) is 0 Å². The first-order valence-electron chi connectivity index (χ1n) is 7.58. The largest absolute Gasteiger partial charge is 0.378 e. The Morgan fingerprint density at radius 2 is 1.92 bits per heavy atom. The summed E-state index contributed by atoms with van der Waals surface area (Å²) in [6.07, 6.45) is 3.19. The fraction of sp³-hybridized carbons (Fsp3) is 0.111. The van der Waals surface area contributed by atoms with Gasteiger partial charge in [-0.25, -0.2) is 4.68 Å². The molecule has 7 heteroatoms. The van der Waals surface area contributed by atoms with Crippen molar-refractivity contribution in [2.75, 3.05) is 24.3 Å². The number of rotatable bonds is 4. The molecule has 0 radical (unpaired) electrons. The van der Waals surface area contributed by atoms with Gasteiger partial charge in [0.1, 0.15) is 11.5 Å². The van der Waals surface area contributed by atoms with E-state index in [0.29, 0.717) is 17.1 Å². The van der Waals surface area contributed by atoms with Crippen molar-refractivity contribution in [3.63, 3.8) is 0 Å². The molecule has 0 saturated carbocycles. The van der Waals surface area contributed by atoms with Gasteiger partial charge in [-0.05, 0) is 36.4 Å². The number of amides is 1. The molecule has 2 aromatic heterocycles. The van der Waals surface area contributed by atoms with Crippen LogP contribution in [0.1, 0.15) is 16.1 Å². The number of anilines is 2. The summed E-state index contributed by atoms with van der Waals surface area (Å²) in [7, 11) is 3.80. The van der Waals surface area contributed by atoms with Crippen LogP contribution in [0.25, 0.3) is 5.69 Å². The molecule has 3 rings (SSSR count). The molecule has 1 N–H and O–H groups in total. The number of benzene rings is 1. The van der Waals surface area contributed by atoms with E-state index >= 15 is 0 Å². The van der Waals surface area contributed by atoms with E-state index in [2.05, 4.69) is 21.5 Å².